The summed E-state index contributed by atoms with van der Waals surface area (Å²) >= 11 is 0. The van der Waals surface area contributed by atoms with Gasteiger partial charge in [-0.3, -0.25) is 0 Å². The SMILES string of the molecule is [C]OCF. The second kappa shape index (κ2) is 2.89. The van der Waals surface area contributed by atoms with Gasteiger partial charge in [-0.2, -0.15) is 0 Å². The molecule has 0 atom stereocenters. The van der Waals surface area contributed by atoms with Crippen LogP contribution in [0.2, 0.25) is 0 Å². The van der Waals surface area contributed by atoms with E-state index in [1.165, 1.54) is 0 Å². The molecule has 0 spiro atoms. The van der Waals surface area contributed by atoms with Crippen LogP contribution in [0.4, 0.5) is 4.39 Å². The third kappa shape index (κ3) is 1.89. The largest absolute Gasteiger partial charge is 0.334 e. The average Bonchev–Trinajstić information content (AvgIpc) is 1.37. The summed E-state index contributed by atoms with van der Waals surface area (Å²) in [5.74, 6) is 0. The van der Waals surface area contributed by atoms with Crippen molar-refractivity contribution in [2.24, 2.45) is 0 Å². The van der Waals surface area contributed by atoms with E-state index in [4.69, 9.17) is 7.11 Å². The number of hydrogen-bond acceptors (Lipinski definition) is 1. The smallest absolute Gasteiger partial charge is 0.189 e. The first-order chi connectivity index (χ1) is 1.91. The lowest BCUT2D eigenvalue weighted by atomic mass is 11.5. The van der Waals surface area contributed by atoms with Crippen molar-refractivity contribution in [3.8, 4) is 0 Å². The second-order valence-electron chi connectivity index (χ2n) is 0.253. The summed E-state index contributed by atoms with van der Waals surface area (Å²) in [5.41, 5.74) is 0. The lowest BCUT2D eigenvalue weighted by Crippen LogP contribution is -1.66. The molecule has 0 unspecified atom stereocenters. The monoisotopic (exact) mass is 61.0 g/mol. The van der Waals surface area contributed by atoms with Crippen molar-refractivity contribution in [1.29, 1.82) is 0 Å². The van der Waals surface area contributed by atoms with Gasteiger partial charge in [0.25, 0.3) is 0 Å². The first kappa shape index (κ1) is 3.89. The zero-order valence-corrected chi connectivity index (χ0v) is 1.99. The minimum atomic E-state index is -1.01. The molecule has 4 heavy (non-hydrogen) atoms. The second-order valence-corrected chi connectivity index (χ2v) is 0.253. The van der Waals surface area contributed by atoms with Gasteiger partial charge in [0.05, 0.1) is 0 Å². The van der Waals surface area contributed by atoms with Crippen LogP contribution in [0, 0.1) is 7.11 Å². The van der Waals surface area contributed by atoms with Gasteiger partial charge in [-0.15, -0.1) is 0 Å². The van der Waals surface area contributed by atoms with Crippen LogP contribution in [0.3, 0.4) is 0 Å². The van der Waals surface area contributed by atoms with Gasteiger partial charge < -0.3 is 4.74 Å². The van der Waals surface area contributed by atoms with E-state index in [0.717, 1.165) is 0 Å². The van der Waals surface area contributed by atoms with E-state index in [1.807, 2.05) is 0 Å². The van der Waals surface area contributed by atoms with Crippen LogP contribution in [-0.2, 0) is 4.74 Å². The lowest BCUT2D eigenvalue weighted by molar-refractivity contribution is 0.135. The molecule has 3 radical (unpaired) electrons. The molecule has 0 aromatic rings. The highest BCUT2D eigenvalue weighted by Gasteiger charge is 1.58. The standard InChI is InChI=1S/C2H2FO/c1-4-2-3/h2H2. The summed E-state index contributed by atoms with van der Waals surface area (Å²) in [7, 11) is 5.58. The van der Waals surface area contributed by atoms with Gasteiger partial charge in [0.1, 0.15) is 0 Å². The molecule has 0 fully saturated rings. The molecule has 0 saturated heterocycles. The van der Waals surface area contributed by atoms with Crippen LogP contribution in [0.5, 0.6) is 0 Å². The van der Waals surface area contributed by atoms with E-state index in [9.17, 15) is 4.39 Å². The predicted octanol–water partition coefficient (Wildman–Crippen LogP) is 0.476. The Hall–Kier alpha value is -0.110. The number of alkyl halides is 1. The zero-order chi connectivity index (χ0) is 3.41. The molecule has 0 heterocycles. The van der Waals surface area contributed by atoms with Gasteiger partial charge in [-0.25, -0.2) is 4.39 Å². The highest BCUT2D eigenvalue weighted by atomic mass is 19.1. The summed E-state index contributed by atoms with van der Waals surface area (Å²) < 4.78 is 13.4. The molecule has 23 valence electrons. The van der Waals surface area contributed by atoms with Gasteiger partial charge in [0.15, 0.2) is 14.0 Å². The van der Waals surface area contributed by atoms with Crippen LogP contribution in [0.1, 0.15) is 0 Å². The van der Waals surface area contributed by atoms with Gasteiger partial charge in [0.2, 0.25) is 0 Å². The molecule has 1 nitrogen and oxygen atoms in total. The Labute approximate surface area is 24.4 Å². The number of halogens is 1. The van der Waals surface area contributed by atoms with Gasteiger partial charge in [0, 0.05) is 0 Å². The Morgan fingerprint density at radius 1 is 2.00 bits per heavy atom. The van der Waals surface area contributed by atoms with Crippen LogP contribution in [0.25, 0.3) is 0 Å². The summed E-state index contributed by atoms with van der Waals surface area (Å²) in [6, 6.07) is 0. The maximum atomic E-state index is 10.3. The Morgan fingerprint density at radius 2 is 2.25 bits per heavy atom. The molecule has 0 aliphatic rings. The fourth-order valence-corrected chi connectivity index (χ4v) is 0. The quantitative estimate of drug-likeness (QED) is 0.428. The summed E-state index contributed by atoms with van der Waals surface area (Å²) in [6.07, 6.45) is 0. The molecular weight excluding hydrogens is 59.0 g/mol. The minimum Gasteiger partial charge on any atom is -0.334 e. The molecule has 0 rings (SSSR count). The Balaban J connectivity index is 1.97. The van der Waals surface area contributed by atoms with Crippen LogP contribution >= 0.6 is 0 Å². The maximum absolute atomic E-state index is 10.3. The molecule has 0 aromatic carbocycles. The fraction of sp³-hybridized carbons (Fsp3) is 0.500. The fourth-order valence-electron chi connectivity index (χ4n) is 0. The van der Waals surface area contributed by atoms with Crippen molar-refractivity contribution in [3.63, 3.8) is 0 Å². The molecule has 0 aliphatic carbocycles. The Morgan fingerprint density at radius 3 is 2.25 bits per heavy atom. The molecular formula is C2H2FO. The molecule has 0 aliphatic heterocycles. The van der Waals surface area contributed by atoms with Gasteiger partial charge in [-0.1, -0.05) is 0 Å². The number of rotatable bonds is 1. The molecule has 0 N–H and O–H groups in total. The van der Waals surface area contributed by atoms with Crippen molar-refractivity contribution >= 4 is 0 Å². The van der Waals surface area contributed by atoms with Gasteiger partial charge >= 0.3 is 0 Å². The third-order valence-electron chi connectivity index (χ3n) is 0.0546. The summed E-state index contributed by atoms with van der Waals surface area (Å²) in [4.78, 5) is 0. The van der Waals surface area contributed by atoms with E-state index in [0.29, 0.717) is 0 Å². The van der Waals surface area contributed by atoms with Gasteiger partial charge in [-0.05, 0) is 0 Å². The van der Waals surface area contributed by atoms with Crippen LogP contribution in [-0.4, -0.2) is 6.86 Å². The normalized spacial score (nSPS) is 7.50. The van der Waals surface area contributed by atoms with Crippen molar-refractivity contribution in [2.75, 3.05) is 6.86 Å². The maximum Gasteiger partial charge on any atom is 0.189 e. The number of ether oxygens (including phenoxy) is 1. The molecule has 0 bridgehead atoms. The van der Waals surface area contributed by atoms with Crippen molar-refractivity contribution in [2.45, 2.75) is 0 Å². The van der Waals surface area contributed by atoms with Crippen LogP contribution in [0.15, 0.2) is 0 Å². The first-order valence-electron chi connectivity index (χ1n) is 0.760. The predicted molar refractivity (Wildman–Crippen MR) is 10.3 cm³/mol. The van der Waals surface area contributed by atoms with E-state index in [-0.39, 0.29) is 0 Å². The number of hydrogen-bond donors (Lipinski definition) is 0. The molecule has 0 saturated carbocycles. The Kier molecular flexibility index (Phi) is 2.81. The van der Waals surface area contributed by atoms with Crippen molar-refractivity contribution in [1.82, 2.24) is 0 Å². The molecule has 0 amide bonds. The third-order valence-corrected chi connectivity index (χ3v) is 0.0546. The van der Waals surface area contributed by atoms with E-state index in [1.54, 1.807) is 0 Å². The van der Waals surface area contributed by atoms with E-state index >= 15 is 0 Å². The van der Waals surface area contributed by atoms with E-state index < -0.39 is 6.86 Å². The topological polar surface area (TPSA) is 9.23 Å². The first-order valence-corrected chi connectivity index (χ1v) is 0.760. The van der Waals surface area contributed by atoms with E-state index in [2.05, 4.69) is 4.74 Å². The average molecular weight is 61.0 g/mol. The lowest BCUT2D eigenvalue weighted by Gasteiger charge is -1.70. The highest BCUT2D eigenvalue weighted by Crippen LogP contribution is 1.61. The molecule has 2 heteroatoms. The minimum absolute atomic E-state index is 1.01. The highest BCUT2D eigenvalue weighted by molar-refractivity contribution is 3.90. The van der Waals surface area contributed by atoms with Crippen molar-refractivity contribution < 1.29 is 9.13 Å². The zero-order valence-electron chi connectivity index (χ0n) is 1.99. The van der Waals surface area contributed by atoms with Crippen LogP contribution < -0.4 is 0 Å². The summed E-state index contributed by atoms with van der Waals surface area (Å²) in [6.45, 7) is -1.01. The summed E-state index contributed by atoms with van der Waals surface area (Å²) in [5, 5.41) is 0. The molecule has 0 aromatic heterocycles. The van der Waals surface area contributed by atoms with Crippen molar-refractivity contribution in [3.05, 3.63) is 7.11 Å². The Bertz CT molecular complexity index is 8.00.